The van der Waals surface area contributed by atoms with Crippen molar-refractivity contribution in [1.29, 1.82) is 0 Å². The van der Waals surface area contributed by atoms with E-state index in [4.69, 9.17) is 9.72 Å². The molecule has 110 valence electrons. The zero-order valence-electron chi connectivity index (χ0n) is 12.2. The van der Waals surface area contributed by atoms with Crippen LogP contribution >= 0.6 is 0 Å². The van der Waals surface area contributed by atoms with Crippen molar-refractivity contribution in [3.63, 3.8) is 0 Å². The van der Waals surface area contributed by atoms with E-state index in [1.54, 1.807) is 0 Å². The normalized spacial score (nSPS) is 15.0. The maximum absolute atomic E-state index is 5.41. The van der Waals surface area contributed by atoms with Gasteiger partial charge in [0.1, 0.15) is 11.6 Å². The predicted molar refractivity (Wildman–Crippen MR) is 84.7 cm³/mol. The van der Waals surface area contributed by atoms with Crippen molar-refractivity contribution in [2.45, 2.75) is 6.92 Å². The first-order valence-corrected chi connectivity index (χ1v) is 7.38. The monoisotopic (exact) mass is 284 g/mol. The van der Waals surface area contributed by atoms with Crippen LogP contribution in [0.15, 0.2) is 36.4 Å². The van der Waals surface area contributed by atoms with Crippen LogP contribution in [0, 0.1) is 0 Å². The van der Waals surface area contributed by atoms with E-state index in [1.165, 1.54) is 0 Å². The molecule has 0 unspecified atom stereocenters. The fraction of sp³-hybridized carbons (Fsp3) is 0.375. The standard InChI is InChI=1S/C16H20N4O/c1-2-17-14-12-15(20-8-10-21-11-9-20)19-16(18-14)13-6-4-3-5-7-13/h3-7,12H,2,8-11H2,1H3,(H,17,18,19). The van der Waals surface area contributed by atoms with Crippen molar-refractivity contribution in [2.75, 3.05) is 43.1 Å². The summed E-state index contributed by atoms with van der Waals surface area (Å²) >= 11 is 0. The van der Waals surface area contributed by atoms with Gasteiger partial charge >= 0.3 is 0 Å². The molecule has 21 heavy (non-hydrogen) atoms. The Morgan fingerprint density at radius 3 is 2.62 bits per heavy atom. The van der Waals surface area contributed by atoms with Gasteiger partial charge < -0.3 is 15.0 Å². The van der Waals surface area contributed by atoms with Crippen LogP contribution in [0.2, 0.25) is 0 Å². The fourth-order valence-electron chi connectivity index (χ4n) is 2.38. The summed E-state index contributed by atoms with van der Waals surface area (Å²) in [5, 5.41) is 3.29. The molecule has 1 aliphatic rings. The number of morpholine rings is 1. The molecule has 0 radical (unpaired) electrons. The summed E-state index contributed by atoms with van der Waals surface area (Å²) in [5.41, 5.74) is 1.03. The molecule has 0 spiro atoms. The molecule has 2 heterocycles. The van der Waals surface area contributed by atoms with Gasteiger partial charge in [-0.05, 0) is 6.92 Å². The zero-order valence-corrected chi connectivity index (χ0v) is 12.2. The molecule has 1 aromatic carbocycles. The molecule has 1 saturated heterocycles. The molecule has 0 amide bonds. The Morgan fingerprint density at radius 1 is 1.14 bits per heavy atom. The minimum absolute atomic E-state index is 0.751. The number of rotatable bonds is 4. The topological polar surface area (TPSA) is 50.3 Å². The van der Waals surface area contributed by atoms with Gasteiger partial charge in [0.15, 0.2) is 5.82 Å². The summed E-state index contributed by atoms with van der Waals surface area (Å²) in [6.07, 6.45) is 0. The van der Waals surface area contributed by atoms with E-state index < -0.39 is 0 Å². The maximum atomic E-state index is 5.41. The van der Waals surface area contributed by atoms with Crippen LogP contribution in [0.25, 0.3) is 11.4 Å². The second-order valence-corrected chi connectivity index (χ2v) is 4.93. The Labute approximate surface area is 125 Å². The largest absolute Gasteiger partial charge is 0.378 e. The summed E-state index contributed by atoms with van der Waals surface area (Å²) in [6.45, 7) is 6.16. The summed E-state index contributed by atoms with van der Waals surface area (Å²) in [4.78, 5) is 11.6. The quantitative estimate of drug-likeness (QED) is 0.934. The number of ether oxygens (including phenoxy) is 1. The molecule has 1 aliphatic heterocycles. The van der Waals surface area contributed by atoms with Gasteiger partial charge in [0, 0.05) is 31.3 Å². The Kier molecular flexibility index (Phi) is 4.31. The number of aromatic nitrogens is 2. The van der Waals surface area contributed by atoms with Crippen molar-refractivity contribution in [1.82, 2.24) is 9.97 Å². The average molecular weight is 284 g/mol. The van der Waals surface area contributed by atoms with Crippen molar-refractivity contribution in [3.05, 3.63) is 36.4 Å². The van der Waals surface area contributed by atoms with E-state index >= 15 is 0 Å². The van der Waals surface area contributed by atoms with Crippen LogP contribution in [0.4, 0.5) is 11.6 Å². The SMILES string of the molecule is CCNc1cc(N2CCOCC2)nc(-c2ccccc2)n1. The molecule has 1 fully saturated rings. The van der Waals surface area contributed by atoms with Crippen LogP contribution in [-0.2, 0) is 4.74 Å². The summed E-state index contributed by atoms with van der Waals surface area (Å²) in [5.74, 6) is 2.59. The number of anilines is 2. The van der Waals surface area contributed by atoms with E-state index in [9.17, 15) is 0 Å². The fourth-order valence-corrected chi connectivity index (χ4v) is 2.38. The molecule has 0 bridgehead atoms. The van der Waals surface area contributed by atoms with Crippen LogP contribution in [0.3, 0.4) is 0 Å². The predicted octanol–water partition coefficient (Wildman–Crippen LogP) is 2.41. The zero-order chi connectivity index (χ0) is 14.5. The van der Waals surface area contributed by atoms with E-state index in [1.807, 2.05) is 36.4 Å². The van der Waals surface area contributed by atoms with Gasteiger partial charge in [-0.1, -0.05) is 30.3 Å². The Hall–Kier alpha value is -2.14. The van der Waals surface area contributed by atoms with Crippen molar-refractivity contribution >= 4 is 11.6 Å². The lowest BCUT2D eigenvalue weighted by Crippen LogP contribution is -2.36. The van der Waals surface area contributed by atoms with Crippen molar-refractivity contribution in [3.8, 4) is 11.4 Å². The highest BCUT2D eigenvalue weighted by Crippen LogP contribution is 2.23. The Morgan fingerprint density at radius 2 is 1.90 bits per heavy atom. The van der Waals surface area contributed by atoms with Crippen molar-refractivity contribution < 1.29 is 4.74 Å². The molecule has 0 aliphatic carbocycles. The molecule has 0 saturated carbocycles. The second kappa shape index (κ2) is 6.54. The van der Waals surface area contributed by atoms with Gasteiger partial charge in [0.05, 0.1) is 13.2 Å². The lowest BCUT2D eigenvalue weighted by atomic mass is 10.2. The first-order chi connectivity index (χ1) is 10.4. The lowest BCUT2D eigenvalue weighted by Gasteiger charge is -2.28. The van der Waals surface area contributed by atoms with Gasteiger partial charge in [-0.15, -0.1) is 0 Å². The van der Waals surface area contributed by atoms with Gasteiger partial charge in [-0.2, -0.15) is 0 Å². The number of hydrogen-bond acceptors (Lipinski definition) is 5. The lowest BCUT2D eigenvalue weighted by molar-refractivity contribution is 0.122. The van der Waals surface area contributed by atoms with Gasteiger partial charge in [0.25, 0.3) is 0 Å². The Balaban J connectivity index is 1.97. The Bertz CT molecular complexity index is 582. The van der Waals surface area contributed by atoms with Crippen LogP contribution in [0.5, 0.6) is 0 Å². The molecule has 5 nitrogen and oxygen atoms in total. The highest BCUT2D eigenvalue weighted by Gasteiger charge is 2.15. The minimum Gasteiger partial charge on any atom is -0.378 e. The van der Waals surface area contributed by atoms with Gasteiger partial charge in [-0.3, -0.25) is 0 Å². The van der Waals surface area contributed by atoms with Gasteiger partial charge in [0.2, 0.25) is 0 Å². The van der Waals surface area contributed by atoms with Crippen LogP contribution < -0.4 is 10.2 Å². The molecular weight excluding hydrogens is 264 g/mol. The molecule has 2 aromatic rings. The van der Waals surface area contributed by atoms with Crippen molar-refractivity contribution in [2.24, 2.45) is 0 Å². The first-order valence-electron chi connectivity index (χ1n) is 7.38. The smallest absolute Gasteiger partial charge is 0.163 e. The van der Waals surface area contributed by atoms with E-state index in [0.29, 0.717) is 0 Å². The summed E-state index contributed by atoms with van der Waals surface area (Å²) < 4.78 is 5.41. The number of benzene rings is 1. The second-order valence-electron chi connectivity index (χ2n) is 4.93. The average Bonchev–Trinajstić information content (AvgIpc) is 2.56. The number of nitrogens with zero attached hydrogens (tertiary/aromatic N) is 3. The van der Waals surface area contributed by atoms with E-state index in [0.717, 1.165) is 55.9 Å². The molecule has 1 N–H and O–H groups in total. The molecular formula is C16H20N4O. The summed E-state index contributed by atoms with van der Waals surface area (Å²) in [6, 6.07) is 12.1. The third-order valence-corrected chi connectivity index (χ3v) is 3.44. The minimum atomic E-state index is 0.751. The highest BCUT2D eigenvalue weighted by molar-refractivity contribution is 5.61. The summed E-state index contributed by atoms with van der Waals surface area (Å²) in [7, 11) is 0. The van der Waals surface area contributed by atoms with Gasteiger partial charge in [-0.25, -0.2) is 9.97 Å². The first kappa shape index (κ1) is 13.8. The third kappa shape index (κ3) is 3.31. The third-order valence-electron chi connectivity index (χ3n) is 3.44. The number of nitrogens with one attached hydrogen (secondary N) is 1. The van der Waals surface area contributed by atoms with Crippen LogP contribution in [0.1, 0.15) is 6.92 Å². The molecule has 5 heteroatoms. The molecule has 1 aromatic heterocycles. The maximum Gasteiger partial charge on any atom is 0.163 e. The van der Waals surface area contributed by atoms with E-state index in [-0.39, 0.29) is 0 Å². The highest BCUT2D eigenvalue weighted by atomic mass is 16.5. The van der Waals surface area contributed by atoms with Crippen LogP contribution in [-0.4, -0.2) is 42.8 Å². The molecule has 0 atom stereocenters. The number of hydrogen-bond donors (Lipinski definition) is 1. The molecule has 3 rings (SSSR count). The van der Waals surface area contributed by atoms with E-state index in [2.05, 4.69) is 22.1 Å².